The quantitative estimate of drug-likeness (QED) is 0.184. The molecule has 2 amide bonds. The number of nitrogens with zero attached hydrogens (tertiary/aromatic N) is 2. The standard InChI is InChI=1S/C25H32N4O6/c1-3-34-20-12-8-10-18(24(20)32)16-26-28-22(30)14-6-5-7-15-23(31)29-27-17-19-11-9-13-21(25(19)33)35-4-2/h8-13,16-17,32-33H,3-7,14-15H2,1-2H3,(H,28,30)(H,29,31)/b26-16+,27-17+. The Morgan fingerprint density at radius 1 is 0.771 bits per heavy atom. The van der Waals surface area contributed by atoms with Gasteiger partial charge in [0, 0.05) is 24.0 Å². The van der Waals surface area contributed by atoms with Crippen LogP contribution in [0.3, 0.4) is 0 Å². The number of phenolic OH excluding ortho intramolecular Hbond substituents is 2. The summed E-state index contributed by atoms with van der Waals surface area (Å²) in [5.74, 6) is 0.115. The van der Waals surface area contributed by atoms with Crippen LogP contribution in [0.15, 0.2) is 46.6 Å². The van der Waals surface area contributed by atoms with Crippen LogP contribution in [0.5, 0.6) is 23.0 Å². The first-order valence-electron chi connectivity index (χ1n) is 11.5. The fraction of sp³-hybridized carbons (Fsp3) is 0.360. The van der Waals surface area contributed by atoms with Crippen molar-refractivity contribution in [1.82, 2.24) is 10.9 Å². The van der Waals surface area contributed by atoms with Gasteiger partial charge in [-0.05, 0) is 51.0 Å². The Hall–Kier alpha value is -4.08. The van der Waals surface area contributed by atoms with E-state index in [9.17, 15) is 19.8 Å². The molecule has 0 spiro atoms. The van der Waals surface area contributed by atoms with Crippen molar-refractivity contribution in [2.24, 2.45) is 10.2 Å². The largest absolute Gasteiger partial charge is 0.504 e. The molecule has 188 valence electrons. The van der Waals surface area contributed by atoms with Gasteiger partial charge in [-0.2, -0.15) is 10.2 Å². The zero-order chi connectivity index (χ0) is 25.5. The SMILES string of the molecule is CCOc1cccc(/C=N/NC(=O)CCCCCC(=O)N/N=C/c2cccc(OCC)c2O)c1O. The second-order valence-electron chi connectivity index (χ2n) is 7.40. The van der Waals surface area contributed by atoms with E-state index in [4.69, 9.17) is 9.47 Å². The molecule has 2 aromatic carbocycles. The molecule has 2 rings (SSSR count). The summed E-state index contributed by atoms with van der Waals surface area (Å²) in [6, 6.07) is 10.0. The third-order valence-corrected chi connectivity index (χ3v) is 4.75. The second-order valence-corrected chi connectivity index (χ2v) is 7.40. The number of carbonyl (C=O) groups is 2. The molecule has 0 fully saturated rings. The van der Waals surface area contributed by atoms with E-state index in [0.717, 1.165) is 0 Å². The summed E-state index contributed by atoms with van der Waals surface area (Å²) in [4.78, 5) is 23.8. The van der Waals surface area contributed by atoms with E-state index in [1.165, 1.54) is 12.4 Å². The van der Waals surface area contributed by atoms with Gasteiger partial charge in [0.05, 0.1) is 25.6 Å². The molecule has 0 aliphatic carbocycles. The highest BCUT2D eigenvalue weighted by atomic mass is 16.5. The van der Waals surface area contributed by atoms with Gasteiger partial charge in [0.15, 0.2) is 23.0 Å². The third-order valence-electron chi connectivity index (χ3n) is 4.75. The molecule has 2 aromatic rings. The summed E-state index contributed by atoms with van der Waals surface area (Å²) < 4.78 is 10.6. The number of benzene rings is 2. The summed E-state index contributed by atoms with van der Waals surface area (Å²) in [6.45, 7) is 4.48. The topological polar surface area (TPSA) is 142 Å². The van der Waals surface area contributed by atoms with Crippen LogP contribution in [-0.2, 0) is 9.59 Å². The van der Waals surface area contributed by atoms with Crippen LogP contribution in [-0.4, -0.2) is 47.7 Å². The van der Waals surface area contributed by atoms with Crippen molar-refractivity contribution >= 4 is 24.2 Å². The second kappa shape index (κ2) is 14.9. The van der Waals surface area contributed by atoms with Gasteiger partial charge in [0.25, 0.3) is 0 Å². The minimum atomic E-state index is -0.259. The summed E-state index contributed by atoms with van der Waals surface area (Å²) in [5.41, 5.74) is 5.71. The lowest BCUT2D eigenvalue weighted by molar-refractivity contribution is -0.121. The number of hydrazone groups is 2. The average molecular weight is 485 g/mol. The number of hydrogen-bond acceptors (Lipinski definition) is 8. The van der Waals surface area contributed by atoms with Crippen LogP contribution >= 0.6 is 0 Å². The molecule has 10 nitrogen and oxygen atoms in total. The number of para-hydroxylation sites is 2. The maximum atomic E-state index is 11.9. The normalized spacial score (nSPS) is 11.0. The first kappa shape index (κ1) is 27.2. The maximum Gasteiger partial charge on any atom is 0.240 e. The minimum Gasteiger partial charge on any atom is -0.504 e. The highest BCUT2D eigenvalue weighted by Crippen LogP contribution is 2.29. The van der Waals surface area contributed by atoms with E-state index in [-0.39, 0.29) is 36.2 Å². The molecule has 0 bridgehead atoms. The van der Waals surface area contributed by atoms with Crippen molar-refractivity contribution in [3.63, 3.8) is 0 Å². The summed E-state index contributed by atoms with van der Waals surface area (Å²) >= 11 is 0. The fourth-order valence-electron chi connectivity index (χ4n) is 3.04. The van der Waals surface area contributed by atoms with E-state index in [1.54, 1.807) is 36.4 Å². The van der Waals surface area contributed by atoms with E-state index in [0.29, 0.717) is 55.1 Å². The zero-order valence-electron chi connectivity index (χ0n) is 20.0. The van der Waals surface area contributed by atoms with Crippen molar-refractivity contribution in [3.05, 3.63) is 47.5 Å². The molecular formula is C25H32N4O6. The molecule has 0 unspecified atom stereocenters. The molecule has 4 N–H and O–H groups in total. The Bertz CT molecular complexity index is 957. The molecule has 10 heteroatoms. The fourth-order valence-corrected chi connectivity index (χ4v) is 3.04. The minimum absolute atomic E-state index is 0.0363. The first-order chi connectivity index (χ1) is 17.0. The van der Waals surface area contributed by atoms with Crippen LogP contribution in [0, 0.1) is 0 Å². The van der Waals surface area contributed by atoms with Gasteiger partial charge >= 0.3 is 0 Å². The highest BCUT2D eigenvalue weighted by molar-refractivity contribution is 5.87. The molecular weight excluding hydrogens is 452 g/mol. The number of amides is 2. The van der Waals surface area contributed by atoms with Crippen molar-refractivity contribution < 1.29 is 29.3 Å². The van der Waals surface area contributed by atoms with Gasteiger partial charge in [-0.1, -0.05) is 18.6 Å². The van der Waals surface area contributed by atoms with Crippen LogP contribution in [0.2, 0.25) is 0 Å². The summed E-state index contributed by atoms with van der Waals surface area (Å²) in [7, 11) is 0. The monoisotopic (exact) mass is 484 g/mol. The zero-order valence-corrected chi connectivity index (χ0v) is 20.0. The molecule has 0 saturated heterocycles. The molecule has 0 heterocycles. The number of aromatic hydroxyl groups is 2. The lowest BCUT2D eigenvalue weighted by Crippen LogP contribution is -2.18. The van der Waals surface area contributed by atoms with Crippen LogP contribution in [0.4, 0.5) is 0 Å². The molecule has 35 heavy (non-hydrogen) atoms. The predicted molar refractivity (Wildman–Crippen MR) is 133 cm³/mol. The van der Waals surface area contributed by atoms with Gasteiger partial charge in [-0.3, -0.25) is 9.59 Å². The van der Waals surface area contributed by atoms with E-state index in [1.807, 2.05) is 13.8 Å². The van der Waals surface area contributed by atoms with Crippen molar-refractivity contribution in [2.45, 2.75) is 46.0 Å². The predicted octanol–water partition coefficient (Wildman–Crippen LogP) is 3.45. The lowest BCUT2D eigenvalue weighted by atomic mass is 10.1. The number of hydrogen-bond donors (Lipinski definition) is 4. The maximum absolute atomic E-state index is 11.9. The third kappa shape index (κ3) is 9.36. The average Bonchev–Trinajstić information content (AvgIpc) is 2.84. The van der Waals surface area contributed by atoms with Crippen LogP contribution < -0.4 is 20.3 Å². The summed E-state index contributed by atoms with van der Waals surface area (Å²) in [5, 5.41) is 27.9. The van der Waals surface area contributed by atoms with E-state index < -0.39 is 0 Å². The summed E-state index contributed by atoms with van der Waals surface area (Å²) in [6.07, 6.45) is 5.11. The van der Waals surface area contributed by atoms with Crippen LogP contribution in [0.25, 0.3) is 0 Å². The molecule has 0 atom stereocenters. The van der Waals surface area contributed by atoms with Gasteiger partial charge in [-0.25, -0.2) is 10.9 Å². The lowest BCUT2D eigenvalue weighted by Gasteiger charge is -2.07. The Labute approximate surface area is 204 Å². The Kier molecular flexibility index (Phi) is 11.6. The van der Waals surface area contributed by atoms with Gasteiger partial charge in [-0.15, -0.1) is 0 Å². The number of ether oxygens (including phenoxy) is 2. The molecule has 0 radical (unpaired) electrons. The Morgan fingerprint density at radius 2 is 1.20 bits per heavy atom. The molecule has 0 saturated carbocycles. The number of rotatable bonds is 14. The smallest absolute Gasteiger partial charge is 0.240 e. The van der Waals surface area contributed by atoms with Crippen molar-refractivity contribution in [2.75, 3.05) is 13.2 Å². The van der Waals surface area contributed by atoms with Crippen molar-refractivity contribution in [1.29, 1.82) is 0 Å². The van der Waals surface area contributed by atoms with Crippen LogP contribution in [0.1, 0.15) is 57.1 Å². The number of nitrogens with one attached hydrogen (secondary N) is 2. The molecule has 0 aliphatic rings. The highest BCUT2D eigenvalue weighted by Gasteiger charge is 2.07. The Morgan fingerprint density at radius 3 is 1.60 bits per heavy atom. The number of carbonyl (C=O) groups excluding carboxylic acids is 2. The number of unbranched alkanes of at least 4 members (excludes halogenated alkanes) is 2. The van der Waals surface area contributed by atoms with Gasteiger partial charge in [0.1, 0.15) is 0 Å². The number of phenols is 2. The molecule has 0 aliphatic heterocycles. The van der Waals surface area contributed by atoms with E-state index in [2.05, 4.69) is 21.1 Å². The van der Waals surface area contributed by atoms with Crippen molar-refractivity contribution in [3.8, 4) is 23.0 Å². The van der Waals surface area contributed by atoms with E-state index >= 15 is 0 Å². The van der Waals surface area contributed by atoms with Gasteiger partial charge in [0.2, 0.25) is 11.8 Å². The first-order valence-corrected chi connectivity index (χ1v) is 11.5. The Balaban J connectivity index is 1.63. The molecule has 0 aromatic heterocycles. The van der Waals surface area contributed by atoms with Gasteiger partial charge < -0.3 is 19.7 Å².